The number of anilines is 2. The van der Waals surface area contributed by atoms with E-state index in [-0.39, 0.29) is 29.0 Å². The number of amidine groups is 1. The lowest BCUT2D eigenvalue weighted by Gasteiger charge is -2.32. The second-order valence-corrected chi connectivity index (χ2v) is 8.41. The summed E-state index contributed by atoms with van der Waals surface area (Å²) in [6.45, 7) is 2.90. The number of nitrogens with zero attached hydrogens (tertiary/aromatic N) is 2. The van der Waals surface area contributed by atoms with Crippen LogP contribution in [0, 0.1) is 5.92 Å². The van der Waals surface area contributed by atoms with Gasteiger partial charge in [0.05, 0.1) is 42.3 Å². The molecule has 10 nitrogen and oxygen atoms in total. The van der Waals surface area contributed by atoms with E-state index >= 15 is 0 Å². The second kappa shape index (κ2) is 10.7. The van der Waals surface area contributed by atoms with Crippen molar-refractivity contribution in [1.29, 1.82) is 0 Å². The van der Waals surface area contributed by atoms with Crippen LogP contribution in [-0.2, 0) is 14.3 Å². The average molecular weight is 484 g/mol. The van der Waals surface area contributed by atoms with Crippen molar-refractivity contribution in [3.8, 4) is 5.75 Å². The highest BCUT2D eigenvalue weighted by atomic mass is 32.2. The summed E-state index contributed by atoms with van der Waals surface area (Å²) in [5.41, 5.74) is 7.23. The zero-order valence-corrected chi connectivity index (χ0v) is 19.6. The van der Waals surface area contributed by atoms with Crippen LogP contribution in [0.15, 0.2) is 53.5 Å². The molecule has 2 atom stereocenters. The normalized spacial score (nSPS) is 19.3. The van der Waals surface area contributed by atoms with Crippen molar-refractivity contribution in [2.45, 2.75) is 13.1 Å². The summed E-state index contributed by atoms with van der Waals surface area (Å²) < 4.78 is 10.3. The van der Waals surface area contributed by atoms with Gasteiger partial charge in [0.15, 0.2) is 5.17 Å². The topological polar surface area (TPSA) is 121 Å². The molecule has 2 aliphatic heterocycles. The molecular weight excluding hydrogens is 458 g/mol. The van der Waals surface area contributed by atoms with Gasteiger partial charge in [-0.25, -0.2) is 15.2 Å². The maximum Gasteiger partial charge on any atom is 0.339 e. The Kier molecular flexibility index (Phi) is 7.46. The first-order valence-corrected chi connectivity index (χ1v) is 11.7. The molecule has 2 aromatic rings. The third-order valence-corrected chi connectivity index (χ3v) is 6.23. The van der Waals surface area contributed by atoms with Crippen LogP contribution >= 0.6 is 11.8 Å². The maximum atomic E-state index is 13.3. The third kappa shape index (κ3) is 5.06. The standard InChI is InChI=1S/C23H25N5O5S/c1-3-33-15-10-8-14(9-11-15)28-21(30)17-12-24-27-20(17)26-23(28)34-13-19(29)25-18-7-5-4-6-16(18)22(31)32-2/h4-11,17,20,24,27H,3,12-13H2,1-2H3,(H,25,29). The second-order valence-electron chi connectivity index (χ2n) is 7.46. The van der Waals surface area contributed by atoms with Gasteiger partial charge in [0.1, 0.15) is 11.9 Å². The number of hydrogen-bond donors (Lipinski definition) is 3. The van der Waals surface area contributed by atoms with Crippen molar-refractivity contribution >= 4 is 46.1 Å². The van der Waals surface area contributed by atoms with Crippen molar-refractivity contribution in [3.63, 3.8) is 0 Å². The molecule has 3 N–H and O–H groups in total. The van der Waals surface area contributed by atoms with Gasteiger partial charge in [0.25, 0.3) is 0 Å². The van der Waals surface area contributed by atoms with E-state index < -0.39 is 12.1 Å². The lowest BCUT2D eigenvalue weighted by molar-refractivity contribution is -0.121. The number of fused-ring (bicyclic) bond motifs is 1. The zero-order chi connectivity index (χ0) is 24.1. The Labute approximate surface area is 201 Å². The molecule has 0 aliphatic carbocycles. The van der Waals surface area contributed by atoms with E-state index in [2.05, 4.69) is 21.2 Å². The lowest BCUT2D eigenvalue weighted by atomic mass is 10.0. The predicted molar refractivity (Wildman–Crippen MR) is 130 cm³/mol. The number of benzene rings is 2. The van der Waals surface area contributed by atoms with Crippen molar-refractivity contribution in [1.82, 2.24) is 10.9 Å². The van der Waals surface area contributed by atoms with E-state index in [1.165, 1.54) is 12.0 Å². The van der Waals surface area contributed by atoms with Gasteiger partial charge in [0, 0.05) is 6.54 Å². The number of hydrogen-bond acceptors (Lipinski definition) is 9. The lowest BCUT2D eigenvalue weighted by Crippen LogP contribution is -2.49. The van der Waals surface area contributed by atoms with Gasteiger partial charge in [-0.1, -0.05) is 23.9 Å². The van der Waals surface area contributed by atoms with Gasteiger partial charge in [-0.2, -0.15) is 0 Å². The number of thioether (sulfide) groups is 1. The van der Waals surface area contributed by atoms with Crippen LogP contribution in [0.5, 0.6) is 5.75 Å². The molecule has 2 aromatic carbocycles. The minimum atomic E-state index is -0.543. The number of carbonyl (C=O) groups is 3. The molecule has 2 amide bonds. The Morgan fingerprint density at radius 3 is 2.71 bits per heavy atom. The summed E-state index contributed by atoms with van der Waals surface area (Å²) in [5, 5.41) is 3.14. The molecule has 0 radical (unpaired) electrons. The number of para-hydroxylation sites is 1. The van der Waals surface area contributed by atoms with Gasteiger partial charge < -0.3 is 14.8 Å². The number of amides is 2. The summed E-state index contributed by atoms with van der Waals surface area (Å²) in [6, 6.07) is 13.8. The highest BCUT2D eigenvalue weighted by Gasteiger charge is 2.42. The molecular formula is C23H25N5O5S. The molecule has 0 saturated carbocycles. The number of rotatable bonds is 7. The number of nitrogens with one attached hydrogen (secondary N) is 3. The first-order chi connectivity index (χ1) is 16.5. The predicted octanol–water partition coefficient (Wildman–Crippen LogP) is 2.00. The molecule has 11 heteroatoms. The molecule has 2 aliphatic rings. The molecule has 0 bridgehead atoms. The molecule has 1 fully saturated rings. The van der Waals surface area contributed by atoms with Crippen LogP contribution in [0.3, 0.4) is 0 Å². The van der Waals surface area contributed by atoms with Gasteiger partial charge in [-0.15, -0.1) is 0 Å². The van der Waals surface area contributed by atoms with E-state index in [1.807, 2.05) is 6.92 Å². The number of esters is 1. The Bertz CT molecular complexity index is 1110. The fourth-order valence-electron chi connectivity index (χ4n) is 3.66. The maximum absolute atomic E-state index is 13.3. The van der Waals surface area contributed by atoms with Crippen molar-refractivity contribution < 1.29 is 23.9 Å². The first kappa shape index (κ1) is 23.7. The van der Waals surface area contributed by atoms with Crippen LogP contribution in [-0.4, -0.2) is 55.1 Å². The molecule has 1 saturated heterocycles. The SMILES string of the molecule is CCOc1ccc(N2C(=O)C3CNNC3N=C2SCC(=O)Nc2ccccc2C(=O)OC)cc1. The Balaban J connectivity index is 1.51. The number of ether oxygens (including phenoxy) is 2. The summed E-state index contributed by atoms with van der Waals surface area (Å²) in [6.07, 6.45) is -0.406. The van der Waals surface area contributed by atoms with Gasteiger partial charge in [-0.05, 0) is 43.3 Å². The molecule has 0 aromatic heterocycles. The van der Waals surface area contributed by atoms with Crippen LogP contribution in [0.1, 0.15) is 17.3 Å². The molecule has 2 unspecified atom stereocenters. The molecule has 0 spiro atoms. The van der Waals surface area contributed by atoms with E-state index in [0.717, 1.165) is 11.8 Å². The summed E-state index contributed by atoms with van der Waals surface area (Å²) >= 11 is 1.14. The Morgan fingerprint density at radius 1 is 1.21 bits per heavy atom. The van der Waals surface area contributed by atoms with Crippen molar-refractivity contribution in [3.05, 3.63) is 54.1 Å². The third-order valence-electron chi connectivity index (χ3n) is 5.28. The quantitative estimate of drug-likeness (QED) is 0.512. The van der Waals surface area contributed by atoms with E-state index in [9.17, 15) is 14.4 Å². The van der Waals surface area contributed by atoms with Crippen molar-refractivity contribution in [2.24, 2.45) is 10.9 Å². The number of carbonyl (C=O) groups excluding carboxylic acids is 3. The van der Waals surface area contributed by atoms with Crippen LogP contribution in [0.4, 0.5) is 11.4 Å². The van der Waals surface area contributed by atoms with Crippen LogP contribution < -0.4 is 25.8 Å². The minimum Gasteiger partial charge on any atom is -0.494 e. The van der Waals surface area contributed by atoms with Gasteiger partial charge >= 0.3 is 5.97 Å². The molecule has 178 valence electrons. The smallest absolute Gasteiger partial charge is 0.339 e. The fourth-order valence-corrected chi connectivity index (χ4v) is 4.51. The Morgan fingerprint density at radius 2 is 1.97 bits per heavy atom. The molecule has 34 heavy (non-hydrogen) atoms. The molecule has 2 heterocycles. The summed E-state index contributed by atoms with van der Waals surface area (Å²) in [7, 11) is 1.28. The number of methoxy groups -OCH3 is 1. The highest BCUT2D eigenvalue weighted by molar-refractivity contribution is 8.14. The number of aliphatic imine (C=N–C) groups is 1. The Hall–Kier alpha value is -3.41. The van der Waals surface area contributed by atoms with Crippen LogP contribution in [0.2, 0.25) is 0 Å². The summed E-state index contributed by atoms with van der Waals surface area (Å²) in [4.78, 5) is 44.2. The number of hydrazine groups is 1. The molecule has 4 rings (SSSR count). The summed E-state index contributed by atoms with van der Waals surface area (Å²) in [5.74, 6) is -0.661. The monoisotopic (exact) mass is 483 g/mol. The minimum absolute atomic E-state index is 0.0139. The van der Waals surface area contributed by atoms with Crippen molar-refractivity contribution in [2.75, 3.05) is 36.2 Å². The average Bonchev–Trinajstić information content (AvgIpc) is 3.33. The van der Waals surface area contributed by atoms with Gasteiger partial charge in [0.2, 0.25) is 11.8 Å². The fraction of sp³-hybridized carbons (Fsp3) is 0.304. The van der Waals surface area contributed by atoms with E-state index in [1.54, 1.807) is 48.5 Å². The largest absolute Gasteiger partial charge is 0.494 e. The highest BCUT2D eigenvalue weighted by Crippen LogP contribution is 2.30. The zero-order valence-electron chi connectivity index (χ0n) is 18.7. The van der Waals surface area contributed by atoms with Crippen LogP contribution in [0.25, 0.3) is 0 Å². The first-order valence-electron chi connectivity index (χ1n) is 10.7. The van der Waals surface area contributed by atoms with E-state index in [4.69, 9.17) is 9.47 Å². The van der Waals surface area contributed by atoms with E-state index in [0.29, 0.717) is 35.4 Å². The van der Waals surface area contributed by atoms with Gasteiger partial charge in [-0.3, -0.25) is 19.9 Å².